The number of anilines is 1. The predicted octanol–water partition coefficient (Wildman–Crippen LogP) is 2.46. The molecular formula is C18H20N2O4. The van der Waals surface area contributed by atoms with Crippen molar-refractivity contribution in [3.63, 3.8) is 0 Å². The second-order valence-electron chi connectivity index (χ2n) is 5.01. The molecule has 0 saturated heterocycles. The Balaban J connectivity index is 1.82. The fourth-order valence-corrected chi connectivity index (χ4v) is 2.13. The molecule has 24 heavy (non-hydrogen) atoms. The molecule has 0 radical (unpaired) electrons. The van der Waals surface area contributed by atoms with E-state index >= 15 is 0 Å². The number of amides is 2. The zero-order chi connectivity index (χ0) is 17.4. The first kappa shape index (κ1) is 17.3. The molecule has 0 aliphatic carbocycles. The molecule has 0 aliphatic rings. The van der Waals surface area contributed by atoms with E-state index in [1.165, 1.54) is 14.0 Å². The van der Waals surface area contributed by atoms with Gasteiger partial charge in [-0.15, -0.1) is 0 Å². The Labute approximate surface area is 140 Å². The number of hydrogen-bond acceptors (Lipinski definition) is 4. The number of nitrogens with one attached hydrogen (secondary N) is 2. The van der Waals surface area contributed by atoms with Crippen LogP contribution in [0, 0.1) is 0 Å². The van der Waals surface area contributed by atoms with Crippen LogP contribution in [-0.4, -0.2) is 32.1 Å². The lowest BCUT2D eigenvalue weighted by molar-refractivity contribution is -0.114. The average molecular weight is 328 g/mol. The molecule has 2 rings (SSSR count). The lowest BCUT2D eigenvalue weighted by atomic mass is 10.2. The Bertz CT molecular complexity index is 716. The maximum absolute atomic E-state index is 12.1. The summed E-state index contributed by atoms with van der Waals surface area (Å²) in [5.74, 6) is 0.783. The smallest absolute Gasteiger partial charge is 0.255 e. The van der Waals surface area contributed by atoms with Crippen molar-refractivity contribution in [3.8, 4) is 11.5 Å². The summed E-state index contributed by atoms with van der Waals surface area (Å²) in [5.41, 5.74) is 1.14. The highest BCUT2D eigenvalue weighted by atomic mass is 16.5. The van der Waals surface area contributed by atoms with Crippen LogP contribution >= 0.6 is 0 Å². The average Bonchev–Trinajstić information content (AvgIpc) is 2.58. The van der Waals surface area contributed by atoms with E-state index in [1.807, 2.05) is 0 Å². The van der Waals surface area contributed by atoms with Gasteiger partial charge in [-0.2, -0.15) is 0 Å². The van der Waals surface area contributed by atoms with Crippen molar-refractivity contribution >= 4 is 17.5 Å². The molecule has 2 aromatic rings. The number of rotatable bonds is 7. The molecule has 0 aliphatic heterocycles. The second-order valence-corrected chi connectivity index (χ2v) is 5.01. The Hall–Kier alpha value is -3.02. The molecule has 6 nitrogen and oxygen atoms in total. The van der Waals surface area contributed by atoms with Gasteiger partial charge in [-0.1, -0.05) is 18.2 Å². The van der Waals surface area contributed by atoms with Crippen molar-refractivity contribution in [1.82, 2.24) is 5.32 Å². The van der Waals surface area contributed by atoms with E-state index in [2.05, 4.69) is 10.6 Å². The quantitative estimate of drug-likeness (QED) is 0.766. The number of methoxy groups -OCH3 is 1. The monoisotopic (exact) mass is 328 g/mol. The van der Waals surface area contributed by atoms with Gasteiger partial charge < -0.3 is 20.1 Å². The van der Waals surface area contributed by atoms with Crippen LogP contribution in [0.1, 0.15) is 17.3 Å². The number of hydrogen-bond donors (Lipinski definition) is 2. The first-order chi connectivity index (χ1) is 11.6. The number of carbonyl (C=O) groups is 2. The van der Waals surface area contributed by atoms with Crippen molar-refractivity contribution in [1.29, 1.82) is 0 Å². The van der Waals surface area contributed by atoms with Gasteiger partial charge in [-0.05, 0) is 24.3 Å². The van der Waals surface area contributed by atoms with E-state index < -0.39 is 0 Å². The summed E-state index contributed by atoms with van der Waals surface area (Å²) in [7, 11) is 1.53. The summed E-state index contributed by atoms with van der Waals surface area (Å²) in [5, 5.41) is 5.46. The van der Waals surface area contributed by atoms with Gasteiger partial charge in [0, 0.05) is 18.7 Å². The highest BCUT2D eigenvalue weighted by Crippen LogP contribution is 2.18. The molecule has 2 amide bonds. The molecule has 0 saturated carbocycles. The van der Waals surface area contributed by atoms with Crippen molar-refractivity contribution in [2.45, 2.75) is 6.92 Å². The highest BCUT2D eigenvalue weighted by Gasteiger charge is 2.10. The summed E-state index contributed by atoms with van der Waals surface area (Å²) in [6.45, 7) is 2.10. The molecule has 0 unspecified atom stereocenters. The van der Waals surface area contributed by atoms with E-state index in [1.54, 1.807) is 48.5 Å². The summed E-state index contributed by atoms with van der Waals surface area (Å²) in [4.78, 5) is 23.2. The minimum absolute atomic E-state index is 0.142. The SMILES string of the molecule is COc1ccccc1C(=O)NCCOc1cccc(NC(C)=O)c1. The lowest BCUT2D eigenvalue weighted by Crippen LogP contribution is -2.28. The molecule has 2 N–H and O–H groups in total. The third kappa shape index (κ3) is 5.01. The van der Waals surface area contributed by atoms with Gasteiger partial charge in [0.05, 0.1) is 19.2 Å². The molecule has 2 aromatic carbocycles. The number of ether oxygens (including phenoxy) is 2. The van der Waals surface area contributed by atoms with Gasteiger partial charge in [0.15, 0.2) is 0 Å². The molecule has 0 spiro atoms. The Morgan fingerprint density at radius 1 is 1.08 bits per heavy atom. The summed E-state index contributed by atoms with van der Waals surface area (Å²) < 4.78 is 10.7. The molecule has 6 heteroatoms. The van der Waals surface area contributed by atoms with Gasteiger partial charge in [-0.3, -0.25) is 9.59 Å². The number of benzene rings is 2. The third-order valence-corrected chi connectivity index (χ3v) is 3.16. The number of carbonyl (C=O) groups excluding carboxylic acids is 2. The van der Waals surface area contributed by atoms with Crippen LogP contribution < -0.4 is 20.1 Å². The van der Waals surface area contributed by atoms with Crippen LogP contribution in [0.4, 0.5) is 5.69 Å². The van der Waals surface area contributed by atoms with E-state index in [0.29, 0.717) is 35.9 Å². The Morgan fingerprint density at radius 2 is 1.88 bits per heavy atom. The van der Waals surface area contributed by atoms with Crippen LogP contribution in [-0.2, 0) is 4.79 Å². The minimum Gasteiger partial charge on any atom is -0.496 e. The van der Waals surface area contributed by atoms with Gasteiger partial charge in [0.1, 0.15) is 18.1 Å². The van der Waals surface area contributed by atoms with Crippen molar-refractivity contribution < 1.29 is 19.1 Å². The molecule has 0 fully saturated rings. The largest absolute Gasteiger partial charge is 0.496 e. The summed E-state index contributed by atoms with van der Waals surface area (Å²) in [6, 6.07) is 14.1. The van der Waals surface area contributed by atoms with Crippen LogP contribution in [0.5, 0.6) is 11.5 Å². The summed E-state index contributed by atoms with van der Waals surface area (Å²) in [6.07, 6.45) is 0. The van der Waals surface area contributed by atoms with E-state index in [4.69, 9.17) is 9.47 Å². The second kappa shape index (κ2) is 8.57. The van der Waals surface area contributed by atoms with Crippen molar-refractivity contribution in [2.24, 2.45) is 0 Å². The van der Waals surface area contributed by atoms with E-state index in [-0.39, 0.29) is 11.8 Å². The molecular weight excluding hydrogens is 308 g/mol. The van der Waals surface area contributed by atoms with E-state index in [9.17, 15) is 9.59 Å². The first-order valence-corrected chi connectivity index (χ1v) is 7.52. The molecule has 0 bridgehead atoms. The molecule has 0 aromatic heterocycles. The standard InChI is InChI=1S/C18H20N2O4/c1-13(21)20-14-6-5-7-15(12-14)24-11-10-19-18(22)16-8-3-4-9-17(16)23-2/h3-9,12H,10-11H2,1-2H3,(H,19,22)(H,20,21). The van der Waals surface area contributed by atoms with Gasteiger partial charge in [-0.25, -0.2) is 0 Å². The molecule has 0 atom stereocenters. The fraction of sp³-hybridized carbons (Fsp3) is 0.222. The Kier molecular flexibility index (Phi) is 6.19. The van der Waals surface area contributed by atoms with Gasteiger partial charge in [0.2, 0.25) is 5.91 Å². The normalized spacial score (nSPS) is 9.92. The molecule has 126 valence electrons. The van der Waals surface area contributed by atoms with Crippen LogP contribution in [0.3, 0.4) is 0 Å². The van der Waals surface area contributed by atoms with Gasteiger partial charge >= 0.3 is 0 Å². The Morgan fingerprint density at radius 3 is 2.62 bits per heavy atom. The van der Waals surface area contributed by atoms with Crippen molar-refractivity contribution in [2.75, 3.05) is 25.6 Å². The minimum atomic E-state index is -0.219. The zero-order valence-electron chi connectivity index (χ0n) is 13.7. The van der Waals surface area contributed by atoms with Crippen LogP contribution in [0.25, 0.3) is 0 Å². The summed E-state index contributed by atoms with van der Waals surface area (Å²) >= 11 is 0. The zero-order valence-corrected chi connectivity index (χ0v) is 13.7. The third-order valence-electron chi connectivity index (χ3n) is 3.16. The topological polar surface area (TPSA) is 76.7 Å². The van der Waals surface area contributed by atoms with E-state index in [0.717, 1.165) is 0 Å². The highest BCUT2D eigenvalue weighted by molar-refractivity contribution is 5.96. The van der Waals surface area contributed by atoms with Crippen molar-refractivity contribution in [3.05, 3.63) is 54.1 Å². The fourth-order valence-electron chi connectivity index (χ4n) is 2.13. The van der Waals surface area contributed by atoms with Crippen LogP contribution in [0.2, 0.25) is 0 Å². The van der Waals surface area contributed by atoms with Crippen LogP contribution in [0.15, 0.2) is 48.5 Å². The number of para-hydroxylation sites is 1. The predicted molar refractivity (Wildman–Crippen MR) is 91.6 cm³/mol. The maximum Gasteiger partial charge on any atom is 0.255 e. The first-order valence-electron chi connectivity index (χ1n) is 7.52. The maximum atomic E-state index is 12.1. The lowest BCUT2D eigenvalue weighted by Gasteiger charge is -2.11. The molecule has 0 heterocycles. The van der Waals surface area contributed by atoms with Gasteiger partial charge in [0.25, 0.3) is 5.91 Å².